The molecule has 0 unspecified atom stereocenters. The van der Waals surface area contributed by atoms with E-state index in [1.807, 2.05) is 47.6 Å². The second-order valence-electron chi connectivity index (χ2n) is 10.9. The van der Waals surface area contributed by atoms with Crippen LogP contribution in [0.25, 0.3) is 0 Å². The Morgan fingerprint density at radius 2 is 1.63 bits per heavy atom. The second-order valence-corrected chi connectivity index (χ2v) is 11.4. The molecule has 0 radical (unpaired) electrons. The van der Waals surface area contributed by atoms with Crippen LogP contribution in [0.15, 0.2) is 67.0 Å². The molecule has 2 fully saturated rings. The van der Waals surface area contributed by atoms with Gasteiger partial charge in [0, 0.05) is 49.8 Å². The molecule has 196 valence electrons. The zero-order valence-electron chi connectivity index (χ0n) is 21.5. The maximum absolute atomic E-state index is 13.4. The lowest BCUT2D eigenvalue weighted by molar-refractivity contribution is 0.0515. The minimum absolute atomic E-state index is 0.0641. The van der Waals surface area contributed by atoms with Crippen molar-refractivity contribution in [2.24, 2.45) is 5.41 Å². The van der Waals surface area contributed by atoms with Crippen LogP contribution >= 0.6 is 11.6 Å². The molecule has 3 aliphatic rings. The number of piperidine rings is 2. The SMILES string of the molecule is O=C(N[C@H]1CCc2cc(C(=O)N3CCC4(CC3)CCN(c3ccncc3)CC4)ccc21)c1ccccc1Cl. The highest BCUT2D eigenvalue weighted by Gasteiger charge is 2.39. The Bertz CT molecular complexity index is 1330. The van der Waals surface area contributed by atoms with Gasteiger partial charge in [0.2, 0.25) is 0 Å². The number of likely N-dealkylation sites (tertiary alicyclic amines) is 1. The number of nitrogens with one attached hydrogen (secondary N) is 1. The number of hydrogen-bond acceptors (Lipinski definition) is 4. The average molecular weight is 529 g/mol. The number of carbonyl (C=O) groups is 2. The van der Waals surface area contributed by atoms with Crippen LogP contribution in [0.3, 0.4) is 0 Å². The van der Waals surface area contributed by atoms with E-state index in [9.17, 15) is 9.59 Å². The molecule has 7 heteroatoms. The Hall–Kier alpha value is -3.38. The fourth-order valence-corrected chi connectivity index (χ4v) is 6.66. The summed E-state index contributed by atoms with van der Waals surface area (Å²) in [6.07, 6.45) is 9.90. The van der Waals surface area contributed by atoms with Gasteiger partial charge in [0.05, 0.1) is 16.6 Å². The van der Waals surface area contributed by atoms with Crippen LogP contribution in [0.2, 0.25) is 5.02 Å². The molecule has 0 bridgehead atoms. The summed E-state index contributed by atoms with van der Waals surface area (Å²) in [7, 11) is 0. The van der Waals surface area contributed by atoms with Crippen LogP contribution in [0, 0.1) is 5.41 Å². The second kappa shape index (κ2) is 10.4. The molecule has 1 spiro atoms. The third-order valence-electron chi connectivity index (χ3n) is 8.85. The monoisotopic (exact) mass is 528 g/mol. The molecule has 2 amide bonds. The molecule has 6 nitrogen and oxygen atoms in total. The number of carbonyl (C=O) groups excluding carboxylic acids is 2. The van der Waals surface area contributed by atoms with Crippen LogP contribution in [0.4, 0.5) is 5.69 Å². The van der Waals surface area contributed by atoms with Gasteiger partial charge in [0.1, 0.15) is 0 Å². The Morgan fingerprint density at radius 1 is 0.921 bits per heavy atom. The number of aryl methyl sites for hydroxylation is 1. The van der Waals surface area contributed by atoms with Gasteiger partial charge in [-0.15, -0.1) is 0 Å². The molecular weight excluding hydrogens is 496 g/mol. The van der Waals surface area contributed by atoms with Gasteiger partial charge in [0.25, 0.3) is 11.8 Å². The van der Waals surface area contributed by atoms with Crippen molar-refractivity contribution >= 4 is 29.1 Å². The van der Waals surface area contributed by atoms with E-state index in [0.717, 1.165) is 68.6 Å². The van der Waals surface area contributed by atoms with Crippen LogP contribution < -0.4 is 10.2 Å². The minimum Gasteiger partial charge on any atom is -0.371 e. The lowest BCUT2D eigenvalue weighted by Gasteiger charge is -2.47. The fourth-order valence-electron chi connectivity index (χ4n) is 6.44. The van der Waals surface area contributed by atoms with Crippen molar-refractivity contribution in [3.63, 3.8) is 0 Å². The first-order valence-corrected chi connectivity index (χ1v) is 14.0. The van der Waals surface area contributed by atoms with Gasteiger partial charge >= 0.3 is 0 Å². The third kappa shape index (κ3) is 4.90. The third-order valence-corrected chi connectivity index (χ3v) is 9.18. The number of nitrogens with zero attached hydrogens (tertiary/aromatic N) is 3. The Kier molecular flexibility index (Phi) is 6.83. The van der Waals surface area contributed by atoms with Crippen molar-refractivity contribution in [2.45, 2.75) is 44.6 Å². The van der Waals surface area contributed by atoms with E-state index in [1.54, 1.807) is 12.1 Å². The highest BCUT2D eigenvalue weighted by atomic mass is 35.5. The number of fused-ring (bicyclic) bond motifs is 1. The summed E-state index contributed by atoms with van der Waals surface area (Å²) in [5.41, 5.74) is 5.10. The topological polar surface area (TPSA) is 65.5 Å². The van der Waals surface area contributed by atoms with E-state index >= 15 is 0 Å². The van der Waals surface area contributed by atoms with Crippen molar-refractivity contribution in [2.75, 3.05) is 31.1 Å². The summed E-state index contributed by atoms with van der Waals surface area (Å²) in [6.45, 7) is 3.78. The Balaban J connectivity index is 1.05. The summed E-state index contributed by atoms with van der Waals surface area (Å²) < 4.78 is 0. The number of halogens is 1. The first kappa shape index (κ1) is 24.9. The van der Waals surface area contributed by atoms with E-state index < -0.39 is 0 Å². The Morgan fingerprint density at radius 3 is 2.37 bits per heavy atom. The normalized spacial score (nSPS) is 20.3. The van der Waals surface area contributed by atoms with Gasteiger partial charge in [-0.3, -0.25) is 14.6 Å². The van der Waals surface area contributed by atoms with Gasteiger partial charge in [-0.25, -0.2) is 0 Å². The molecule has 3 aromatic rings. The van der Waals surface area contributed by atoms with E-state index in [-0.39, 0.29) is 17.9 Å². The number of hydrogen-bond donors (Lipinski definition) is 1. The average Bonchev–Trinajstić information content (AvgIpc) is 3.36. The van der Waals surface area contributed by atoms with Crippen LogP contribution in [0.1, 0.15) is 70.0 Å². The van der Waals surface area contributed by atoms with Gasteiger partial charge in [0.15, 0.2) is 0 Å². The molecule has 1 aliphatic carbocycles. The van der Waals surface area contributed by atoms with Crippen LogP contribution in [-0.4, -0.2) is 47.9 Å². The van der Waals surface area contributed by atoms with E-state index in [1.165, 1.54) is 18.5 Å². The number of anilines is 1. The quantitative estimate of drug-likeness (QED) is 0.473. The first-order valence-electron chi connectivity index (χ1n) is 13.6. The molecule has 1 aromatic heterocycles. The summed E-state index contributed by atoms with van der Waals surface area (Å²) in [5, 5.41) is 3.58. The van der Waals surface area contributed by atoms with Gasteiger partial charge < -0.3 is 15.1 Å². The number of benzene rings is 2. The Labute approximate surface area is 229 Å². The van der Waals surface area contributed by atoms with E-state index in [4.69, 9.17) is 11.6 Å². The standard InChI is InChI=1S/C31H33ClN4O2/c32-27-4-2-1-3-26(27)29(37)34-28-8-6-22-21-23(5-7-25(22)28)30(38)36-19-13-31(14-20-36)11-17-35(18-12-31)24-9-15-33-16-10-24/h1-5,7,9-10,15-16,21,28H,6,8,11-14,17-20H2,(H,34,37)/t28-/m0/s1. The zero-order valence-corrected chi connectivity index (χ0v) is 22.3. The fraction of sp³-hybridized carbons (Fsp3) is 0.387. The molecule has 0 saturated carbocycles. The lowest BCUT2D eigenvalue weighted by atomic mass is 9.71. The summed E-state index contributed by atoms with van der Waals surface area (Å²) in [4.78, 5) is 34.8. The molecular formula is C31H33ClN4O2. The van der Waals surface area contributed by atoms with Crippen molar-refractivity contribution < 1.29 is 9.59 Å². The van der Waals surface area contributed by atoms with Crippen molar-refractivity contribution in [3.05, 3.63) is 94.3 Å². The first-order chi connectivity index (χ1) is 18.5. The minimum atomic E-state index is -0.164. The number of aromatic nitrogens is 1. The van der Waals surface area contributed by atoms with Gasteiger partial charge in [-0.2, -0.15) is 0 Å². The molecule has 6 rings (SSSR count). The summed E-state index contributed by atoms with van der Waals surface area (Å²) >= 11 is 6.21. The highest BCUT2D eigenvalue weighted by Crippen LogP contribution is 2.42. The number of rotatable bonds is 4. The van der Waals surface area contributed by atoms with Gasteiger partial charge in [-0.1, -0.05) is 29.8 Å². The van der Waals surface area contributed by atoms with Crippen molar-refractivity contribution in [1.82, 2.24) is 15.2 Å². The molecule has 3 heterocycles. The van der Waals surface area contributed by atoms with E-state index in [2.05, 4.69) is 27.3 Å². The summed E-state index contributed by atoms with van der Waals surface area (Å²) in [5.74, 6) is -0.0390. The molecule has 2 aromatic carbocycles. The van der Waals surface area contributed by atoms with Crippen molar-refractivity contribution in [3.8, 4) is 0 Å². The van der Waals surface area contributed by atoms with E-state index in [0.29, 0.717) is 16.0 Å². The number of pyridine rings is 1. The molecule has 38 heavy (non-hydrogen) atoms. The largest absolute Gasteiger partial charge is 0.371 e. The predicted octanol–water partition coefficient (Wildman–Crippen LogP) is 5.68. The molecule has 2 aliphatic heterocycles. The van der Waals surface area contributed by atoms with Crippen molar-refractivity contribution in [1.29, 1.82) is 0 Å². The molecule has 1 atom stereocenters. The zero-order chi connectivity index (χ0) is 26.1. The maximum atomic E-state index is 13.4. The predicted molar refractivity (Wildman–Crippen MR) is 150 cm³/mol. The summed E-state index contributed by atoms with van der Waals surface area (Å²) in [6, 6.07) is 17.2. The maximum Gasteiger partial charge on any atom is 0.253 e. The van der Waals surface area contributed by atoms with Crippen LogP contribution in [-0.2, 0) is 6.42 Å². The highest BCUT2D eigenvalue weighted by molar-refractivity contribution is 6.33. The van der Waals surface area contributed by atoms with Crippen LogP contribution in [0.5, 0.6) is 0 Å². The smallest absolute Gasteiger partial charge is 0.253 e. The molecule has 2 saturated heterocycles. The lowest BCUT2D eigenvalue weighted by Crippen LogP contribution is -2.48. The molecule has 1 N–H and O–H groups in total. The van der Waals surface area contributed by atoms with Gasteiger partial charge in [-0.05, 0) is 91.5 Å². The number of amides is 2.